The van der Waals surface area contributed by atoms with Gasteiger partial charge in [0.25, 0.3) is 0 Å². The highest BCUT2D eigenvalue weighted by atomic mass is 16.4. The Morgan fingerprint density at radius 1 is 1.27 bits per heavy atom. The zero-order valence-electron chi connectivity index (χ0n) is 5.83. The normalized spacial score (nSPS) is 16.0. The third-order valence-electron chi connectivity index (χ3n) is 1.73. The number of hydrogen-bond acceptors (Lipinski definition) is 2. The minimum absolute atomic E-state index is 0.123. The zero-order chi connectivity index (χ0) is 8.43. The number of carboxylic acid groups (broad SMARTS) is 2. The monoisotopic (exact) mass is 156 g/mol. The Morgan fingerprint density at radius 3 is 2.18 bits per heavy atom. The van der Waals surface area contributed by atoms with Gasteiger partial charge in [0.05, 0.1) is 6.42 Å². The summed E-state index contributed by atoms with van der Waals surface area (Å²) in [5, 5.41) is 16.8. The van der Waals surface area contributed by atoms with Gasteiger partial charge in [-0.1, -0.05) is 0 Å². The number of carbonyl (C=O) groups is 2. The molecule has 4 heteroatoms. The molecule has 0 radical (unpaired) electrons. The van der Waals surface area contributed by atoms with Gasteiger partial charge in [-0.3, -0.25) is 4.79 Å². The van der Waals surface area contributed by atoms with E-state index in [0.717, 1.165) is 0 Å². The molecule has 1 rings (SSSR count). The maximum atomic E-state index is 10.3. The van der Waals surface area contributed by atoms with Crippen molar-refractivity contribution in [2.75, 3.05) is 0 Å². The second-order valence-corrected chi connectivity index (χ2v) is 2.46. The molecule has 0 spiro atoms. The highest BCUT2D eigenvalue weighted by molar-refractivity contribution is 5.90. The molecule has 0 aromatic heterocycles. The first-order valence-corrected chi connectivity index (χ1v) is 3.27. The summed E-state index contributed by atoms with van der Waals surface area (Å²) in [4.78, 5) is 20.5. The summed E-state index contributed by atoms with van der Waals surface area (Å²) in [6.07, 6.45) is 1.01. The standard InChI is InChI=1S/C7H8O4/c8-6(9)3-4-1-2-5(4)7(10)11/h1-3H2,(H,8,9)(H,10,11). The second kappa shape index (κ2) is 2.74. The van der Waals surface area contributed by atoms with Crippen LogP contribution in [0.3, 0.4) is 0 Å². The van der Waals surface area contributed by atoms with E-state index >= 15 is 0 Å². The van der Waals surface area contributed by atoms with Crippen LogP contribution in [-0.2, 0) is 9.59 Å². The summed E-state index contributed by atoms with van der Waals surface area (Å²) in [5.74, 6) is -1.94. The van der Waals surface area contributed by atoms with E-state index in [9.17, 15) is 9.59 Å². The molecule has 4 nitrogen and oxygen atoms in total. The first-order valence-electron chi connectivity index (χ1n) is 3.27. The zero-order valence-corrected chi connectivity index (χ0v) is 5.83. The average Bonchev–Trinajstić information content (AvgIpc) is 1.78. The van der Waals surface area contributed by atoms with Crippen LogP contribution in [0.15, 0.2) is 11.1 Å². The van der Waals surface area contributed by atoms with E-state index in [-0.39, 0.29) is 12.0 Å². The third-order valence-corrected chi connectivity index (χ3v) is 1.73. The molecule has 0 atom stereocenters. The third kappa shape index (κ3) is 1.58. The topological polar surface area (TPSA) is 74.6 Å². The van der Waals surface area contributed by atoms with E-state index in [1.165, 1.54) is 0 Å². The summed E-state index contributed by atoms with van der Waals surface area (Å²) in [7, 11) is 0. The van der Waals surface area contributed by atoms with Gasteiger partial charge in [-0.2, -0.15) is 0 Å². The molecule has 0 aromatic carbocycles. The van der Waals surface area contributed by atoms with Crippen molar-refractivity contribution in [3.05, 3.63) is 11.1 Å². The lowest BCUT2D eigenvalue weighted by Gasteiger charge is -2.18. The molecule has 2 N–H and O–H groups in total. The first kappa shape index (κ1) is 7.78. The fraction of sp³-hybridized carbons (Fsp3) is 0.429. The highest BCUT2D eigenvalue weighted by Gasteiger charge is 2.24. The van der Waals surface area contributed by atoms with Gasteiger partial charge in [0.15, 0.2) is 0 Å². The van der Waals surface area contributed by atoms with Gasteiger partial charge in [-0.05, 0) is 18.4 Å². The maximum absolute atomic E-state index is 10.3. The van der Waals surface area contributed by atoms with Crippen LogP contribution in [0.1, 0.15) is 19.3 Å². The molecule has 11 heavy (non-hydrogen) atoms. The van der Waals surface area contributed by atoms with E-state index < -0.39 is 11.9 Å². The smallest absolute Gasteiger partial charge is 0.331 e. The Morgan fingerprint density at radius 2 is 1.91 bits per heavy atom. The molecule has 1 aliphatic rings. The van der Waals surface area contributed by atoms with Crippen LogP contribution >= 0.6 is 0 Å². The second-order valence-electron chi connectivity index (χ2n) is 2.46. The van der Waals surface area contributed by atoms with Crippen LogP contribution in [0, 0.1) is 0 Å². The molecule has 0 heterocycles. The number of aliphatic carboxylic acids is 2. The van der Waals surface area contributed by atoms with Crippen molar-refractivity contribution in [2.45, 2.75) is 19.3 Å². The molecule has 60 valence electrons. The predicted octanol–water partition coefficient (Wildman–Crippen LogP) is 0.636. The molecule has 0 saturated carbocycles. The van der Waals surface area contributed by atoms with Crippen LogP contribution in [0.5, 0.6) is 0 Å². The molecule has 0 fully saturated rings. The van der Waals surface area contributed by atoms with Crippen molar-refractivity contribution in [1.29, 1.82) is 0 Å². The quantitative estimate of drug-likeness (QED) is 0.628. The molecular formula is C7H8O4. The van der Waals surface area contributed by atoms with Crippen molar-refractivity contribution in [2.24, 2.45) is 0 Å². The van der Waals surface area contributed by atoms with Gasteiger partial charge < -0.3 is 10.2 Å². The number of carboxylic acids is 2. The molecule has 0 aromatic rings. The van der Waals surface area contributed by atoms with Crippen molar-refractivity contribution in [3.63, 3.8) is 0 Å². The Bertz CT molecular complexity index is 239. The number of rotatable bonds is 3. The molecule has 0 saturated heterocycles. The minimum Gasteiger partial charge on any atom is -0.481 e. The van der Waals surface area contributed by atoms with E-state index in [1.54, 1.807) is 0 Å². The first-order chi connectivity index (χ1) is 5.11. The van der Waals surface area contributed by atoms with E-state index in [1.807, 2.05) is 0 Å². The fourth-order valence-corrected chi connectivity index (χ4v) is 1.06. The van der Waals surface area contributed by atoms with Crippen LogP contribution in [0.25, 0.3) is 0 Å². The summed E-state index contributed by atoms with van der Waals surface area (Å²) in [5.41, 5.74) is 0.845. The Kier molecular flexibility index (Phi) is 1.94. The van der Waals surface area contributed by atoms with Crippen LogP contribution in [-0.4, -0.2) is 22.2 Å². The molecule has 0 unspecified atom stereocenters. The van der Waals surface area contributed by atoms with Crippen molar-refractivity contribution in [1.82, 2.24) is 0 Å². The predicted molar refractivity (Wildman–Crippen MR) is 36.1 cm³/mol. The van der Waals surface area contributed by atoms with Crippen molar-refractivity contribution < 1.29 is 19.8 Å². The lowest BCUT2D eigenvalue weighted by Crippen LogP contribution is -2.15. The minimum atomic E-state index is -0.979. The largest absolute Gasteiger partial charge is 0.481 e. The van der Waals surface area contributed by atoms with E-state index in [2.05, 4.69) is 0 Å². The van der Waals surface area contributed by atoms with Crippen molar-refractivity contribution in [3.8, 4) is 0 Å². The summed E-state index contributed by atoms with van der Waals surface area (Å²) in [6.45, 7) is 0. The summed E-state index contributed by atoms with van der Waals surface area (Å²) < 4.78 is 0. The Labute approximate surface area is 63.1 Å². The average molecular weight is 156 g/mol. The molecular weight excluding hydrogens is 148 g/mol. The van der Waals surface area contributed by atoms with Gasteiger partial charge in [0, 0.05) is 5.57 Å². The van der Waals surface area contributed by atoms with Gasteiger partial charge >= 0.3 is 11.9 Å². The van der Waals surface area contributed by atoms with E-state index in [4.69, 9.17) is 10.2 Å². The van der Waals surface area contributed by atoms with Crippen LogP contribution in [0.4, 0.5) is 0 Å². The summed E-state index contributed by atoms with van der Waals surface area (Å²) in [6, 6.07) is 0. The Hall–Kier alpha value is -1.32. The van der Waals surface area contributed by atoms with Gasteiger partial charge in [0.1, 0.15) is 0 Å². The molecule has 0 bridgehead atoms. The summed E-state index contributed by atoms with van der Waals surface area (Å²) >= 11 is 0. The van der Waals surface area contributed by atoms with Gasteiger partial charge in [-0.15, -0.1) is 0 Å². The lowest BCUT2D eigenvalue weighted by molar-refractivity contribution is -0.136. The maximum Gasteiger partial charge on any atom is 0.331 e. The number of hydrogen-bond donors (Lipinski definition) is 2. The van der Waals surface area contributed by atoms with Crippen LogP contribution in [0.2, 0.25) is 0 Å². The molecule has 0 aliphatic heterocycles. The van der Waals surface area contributed by atoms with Gasteiger partial charge in [0.2, 0.25) is 0 Å². The lowest BCUT2D eigenvalue weighted by atomic mass is 9.86. The highest BCUT2D eigenvalue weighted by Crippen LogP contribution is 2.30. The molecule has 1 aliphatic carbocycles. The van der Waals surface area contributed by atoms with Crippen molar-refractivity contribution >= 4 is 11.9 Å². The van der Waals surface area contributed by atoms with E-state index in [0.29, 0.717) is 18.4 Å². The van der Waals surface area contributed by atoms with Crippen LogP contribution < -0.4 is 0 Å². The van der Waals surface area contributed by atoms with Gasteiger partial charge in [-0.25, -0.2) is 4.79 Å². The molecule has 0 amide bonds. The Balaban J connectivity index is 2.65. The SMILES string of the molecule is O=C(O)CC1=C(C(=O)O)CC1. The fourth-order valence-electron chi connectivity index (χ4n) is 1.06.